The van der Waals surface area contributed by atoms with Crippen LogP contribution < -0.4 is 0 Å². The van der Waals surface area contributed by atoms with Gasteiger partial charge in [-0.25, -0.2) is 0 Å². The fourth-order valence-corrected chi connectivity index (χ4v) is 2.61. The number of halogens is 1. The van der Waals surface area contributed by atoms with Gasteiger partial charge >= 0.3 is 0 Å². The van der Waals surface area contributed by atoms with Crippen molar-refractivity contribution in [2.45, 2.75) is 32.1 Å². The van der Waals surface area contributed by atoms with Crippen LogP contribution in [0.25, 0.3) is 0 Å². The smallest absolute Gasteiger partial charge is 0.133 e. The van der Waals surface area contributed by atoms with Gasteiger partial charge in [0.25, 0.3) is 0 Å². The van der Waals surface area contributed by atoms with Crippen LogP contribution in [0, 0.1) is 5.92 Å². The molecule has 0 saturated heterocycles. The van der Waals surface area contributed by atoms with E-state index in [0.29, 0.717) is 24.0 Å². The van der Waals surface area contributed by atoms with E-state index in [-0.39, 0.29) is 0 Å². The van der Waals surface area contributed by atoms with Crippen molar-refractivity contribution in [2.75, 3.05) is 0 Å². The molecule has 80 valence electrons. The number of hydrogen-bond donors (Lipinski definition) is 0. The highest BCUT2D eigenvalue weighted by atomic mass is 35.5. The Morgan fingerprint density at radius 1 is 1.33 bits per heavy atom. The highest BCUT2D eigenvalue weighted by Crippen LogP contribution is 2.38. The molecule has 1 aliphatic rings. The zero-order chi connectivity index (χ0) is 10.8. The van der Waals surface area contributed by atoms with Crippen LogP contribution in [0.4, 0.5) is 0 Å². The normalized spacial score (nSPS) is 26.7. The van der Waals surface area contributed by atoms with Crippen molar-refractivity contribution in [1.29, 1.82) is 0 Å². The van der Waals surface area contributed by atoms with E-state index in [4.69, 9.17) is 11.6 Å². The van der Waals surface area contributed by atoms with Crippen molar-refractivity contribution < 1.29 is 4.79 Å². The standard InChI is InChI=1S/C13H15ClO/c1-9-6-7-10(15)8-12(9)11-4-2-3-5-13(11)14/h2-5,9,12H,6-8H2,1H3. The van der Waals surface area contributed by atoms with Gasteiger partial charge in [-0.2, -0.15) is 0 Å². The fourth-order valence-electron chi connectivity index (χ4n) is 2.33. The van der Waals surface area contributed by atoms with Crippen LogP contribution in [0.1, 0.15) is 37.7 Å². The quantitative estimate of drug-likeness (QED) is 0.706. The third-order valence-corrected chi connectivity index (χ3v) is 3.66. The Bertz CT molecular complexity index is 373. The Hall–Kier alpha value is -0.820. The lowest BCUT2D eigenvalue weighted by Crippen LogP contribution is -2.21. The molecule has 1 fully saturated rings. The molecule has 2 atom stereocenters. The molecule has 1 saturated carbocycles. The number of ketones is 1. The van der Waals surface area contributed by atoms with E-state index in [2.05, 4.69) is 6.92 Å². The molecular formula is C13H15ClO. The minimum Gasteiger partial charge on any atom is -0.300 e. The summed E-state index contributed by atoms with van der Waals surface area (Å²) < 4.78 is 0. The molecule has 0 amide bonds. The molecule has 15 heavy (non-hydrogen) atoms. The van der Waals surface area contributed by atoms with Crippen molar-refractivity contribution in [3.05, 3.63) is 34.9 Å². The number of Topliss-reactive ketones (excluding diaryl/α,β-unsaturated/α-hetero) is 1. The molecule has 0 aliphatic heterocycles. The zero-order valence-corrected chi connectivity index (χ0v) is 9.63. The summed E-state index contributed by atoms with van der Waals surface area (Å²) in [7, 11) is 0. The second-order valence-corrected chi connectivity index (χ2v) is 4.79. The minimum atomic E-state index is 0.319. The first-order chi connectivity index (χ1) is 7.18. The van der Waals surface area contributed by atoms with Crippen LogP contribution >= 0.6 is 11.6 Å². The lowest BCUT2D eigenvalue weighted by atomic mass is 9.76. The molecule has 2 heteroatoms. The van der Waals surface area contributed by atoms with Gasteiger partial charge in [0.2, 0.25) is 0 Å². The van der Waals surface area contributed by atoms with Crippen LogP contribution in [0.3, 0.4) is 0 Å². The van der Waals surface area contributed by atoms with Crippen molar-refractivity contribution in [3.8, 4) is 0 Å². The third-order valence-electron chi connectivity index (χ3n) is 3.32. The summed E-state index contributed by atoms with van der Waals surface area (Å²) in [5.74, 6) is 1.25. The van der Waals surface area contributed by atoms with Crippen molar-refractivity contribution in [3.63, 3.8) is 0 Å². The number of hydrogen-bond acceptors (Lipinski definition) is 1. The Balaban J connectivity index is 2.29. The van der Waals surface area contributed by atoms with Gasteiger partial charge in [0.05, 0.1) is 0 Å². The molecule has 0 heterocycles. The van der Waals surface area contributed by atoms with E-state index in [0.717, 1.165) is 23.4 Å². The minimum absolute atomic E-state index is 0.319. The SMILES string of the molecule is CC1CCC(=O)CC1c1ccccc1Cl. The van der Waals surface area contributed by atoms with E-state index in [9.17, 15) is 4.79 Å². The average Bonchev–Trinajstić information content (AvgIpc) is 2.23. The van der Waals surface area contributed by atoms with Crippen molar-refractivity contribution >= 4 is 17.4 Å². The number of benzene rings is 1. The largest absolute Gasteiger partial charge is 0.300 e. The molecule has 1 aliphatic carbocycles. The van der Waals surface area contributed by atoms with Gasteiger partial charge in [-0.1, -0.05) is 36.7 Å². The predicted molar refractivity (Wildman–Crippen MR) is 62.2 cm³/mol. The molecule has 0 aromatic heterocycles. The van der Waals surface area contributed by atoms with Crippen LogP contribution in [-0.2, 0) is 4.79 Å². The Morgan fingerprint density at radius 3 is 2.80 bits per heavy atom. The fraction of sp³-hybridized carbons (Fsp3) is 0.462. The lowest BCUT2D eigenvalue weighted by molar-refractivity contribution is -0.121. The second kappa shape index (κ2) is 4.36. The molecular weight excluding hydrogens is 208 g/mol. The summed E-state index contributed by atoms with van der Waals surface area (Å²) in [5.41, 5.74) is 1.14. The van der Waals surface area contributed by atoms with Crippen LogP contribution in [0.2, 0.25) is 5.02 Å². The molecule has 0 bridgehead atoms. The molecule has 2 unspecified atom stereocenters. The highest BCUT2D eigenvalue weighted by molar-refractivity contribution is 6.31. The Kier molecular flexibility index (Phi) is 3.11. The summed E-state index contributed by atoms with van der Waals surface area (Å²) in [6.07, 6.45) is 2.39. The summed E-state index contributed by atoms with van der Waals surface area (Å²) in [6.45, 7) is 2.21. The number of carbonyl (C=O) groups is 1. The first-order valence-electron chi connectivity index (χ1n) is 5.44. The molecule has 1 aromatic rings. The lowest BCUT2D eigenvalue weighted by Gasteiger charge is -2.28. The van der Waals surface area contributed by atoms with E-state index >= 15 is 0 Å². The molecule has 2 rings (SSSR count). The van der Waals surface area contributed by atoms with Crippen LogP contribution in [-0.4, -0.2) is 5.78 Å². The summed E-state index contributed by atoms with van der Waals surface area (Å²) in [6, 6.07) is 7.87. The van der Waals surface area contributed by atoms with Gasteiger partial charge in [-0.15, -0.1) is 0 Å². The Labute approximate surface area is 95.4 Å². The molecule has 0 radical (unpaired) electrons. The monoisotopic (exact) mass is 222 g/mol. The third kappa shape index (κ3) is 2.23. The maximum absolute atomic E-state index is 11.5. The molecule has 0 spiro atoms. The van der Waals surface area contributed by atoms with E-state index < -0.39 is 0 Å². The number of carbonyl (C=O) groups excluding carboxylic acids is 1. The topological polar surface area (TPSA) is 17.1 Å². The number of rotatable bonds is 1. The maximum Gasteiger partial charge on any atom is 0.133 e. The summed E-state index contributed by atoms with van der Waals surface area (Å²) in [4.78, 5) is 11.5. The van der Waals surface area contributed by atoms with Gasteiger partial charge < -0.3 is 0 Å². The zero-order valence-electron chi connectivity index (χ0n) is 8.87. The van der Waals surface area contributed by atoms with E-state index in [1.807, 2.05) is 24.3 Å². The van der Waals surface area contributed by atoms with Gasteiger partial charge in [-0.3, -0.25) is 4.79 Å². The molecule has 1 aromatic carbocycles. The summed E-state index contributed by atoms with van der Waals surface area (Å²) >= 11 is 6.16. The first kappa shape index (κ1) is 10.7. The van der Waals surface area contributed by atoms with Gasteiger partial charge in [0.15, 0.2) is 0 Å². The highest BCUT2D eigenvalue weighted by Gasteiger charge is 2.28. The van der Waals surface area contributed by atoms with Crippen LogP contribution in [0.15, 0.2) is 24.3 Å². The van der Waals surface area contributed by atoms with Gasteiger partial charge in [0, 0.05) is 17.9 Å². The first-order valence-corrected chi connectivity index (χ1v) is 5.82. The second-order valence-electron chi connectivity index (χ2n) is 4.39. The predicted octanol–water partition coefficient (Wildman–Crippen LogP) is 3.81. The molecule has 0 N–H and O–H groups in total. The maximum atomic E-state index is 11.5. The van der Waals surface area contributed by atoms with E-state index in [1.165, 1.54) is 0 Å². The van der Waals surface area contributed by atoms with Gasteiger partial charge in [-0.05, 0) is 29.9 Å². The average molecular weight is 223 g/mol. The van der Waals surface area contributed by atoms with Gasteiger partial charge in [0.1, 0.15) is 5.78 Å². The Morgan fingerprint density at radius 2 is 2.07 bits per heavy atom. The molecule has 1 nitrogen and oxygen atoms in total. The summed E-state index contributed by atoms with van der Waals surface area (Å²) in [5, 5.41) is 0.795. The van der Waals surface area contributed by atoms with Crippen molar-refractivity contribution in [1.82, 2.24) is 0 Å². The van der Waals surface area contributed by atoms with Crippen molar-refractivity contribution in [2.24, 2.45) is 5.92 Å². The van der Waals surface area contributed by atoms with E-state index in [1.54, 1.807) is 0 Å². The van der Waals surface area contributed by atoms with Crippen LogP contribution in [0.5, 0.6) is 0 Å².